The minimum absolute atomic E-state index is 0.0101. The third-order valence-corrected chi connectivity index (χ3v) is 5.54. The van der Waals surface area contributed by atoms with E-state index in [2.05, 4.69) is 14.9 Å². The van der Waals surface area contributed by atoms with Crippen LogP contribution < -0.4 is 14.5 Å². The van der Waals surface area contributed by atoms with Crippen molar-refractivity contribution in [1.29, 1.82) is 0 Å². The number of anilines is 2. The summed E-state index contributed by atoms with van der Waals surface area (Å²) in [6, 6.07) is 7.57. The molecule has 2 aliphatic rings. The molecule has 2 amide bonds. The highest BCUT2D eigenvalue weighted by molar-refractivity contribution is 6.00. The Hall–Kier alpha value is -3.23. The molecule has 2 aromatic rings. The van der Waals surface area contributed by atoms with Gasteiger partial charge >= 0.3 is 0 Å². The van der Waals surface area contributed by atoms with Crippen LogP contribution in [-0.4, -0.2) is 66.5 Å². The highest BCUT2D eigenvalue weighted by atomic mass is 19.1. The number of piperazine rings is 1. The second-order valence-electron chi connectivity index (χ2n) is 7.51. The molecule has 1 aromatic heterocycles. The van der Waals surface area contributed by atoms with E-state index in [-0.39, 0.29) is 30.0 Å². The lowest BCUT2D eigenvalue weighted by molar-refractivity contribution is -0.136. The number of ether oxygens (including phenoxy) is 1. The minimum atomic E-state index is -0.379. The largest absolute Gasteiger partial charge is 0.481 e. The smallest absolute Gasteiger partial charge is 0.228 e. The molecule has 0 N–H and O–H groups in total. The predicted molar refractivity (Wildman–Crippen MR) is 109 cm³/mol. The topological polar surface area (TPSA) is 78.9 Å². The Morgan fingerprint density at radius 1 is 1.13 bits per heavy atom. The lowest BCUT2D eigenvalue weighted by atomic mass is 10.1. The first-order valence-corrected chi connectivity index (χ1v) is 9.94. The fraction of sp³-hybridized carbons (Fsp3) is 0.429. The number of nitrogens with zero attached hydrogens (tertiary/aromatic N) is 5. The summed E-state index contributed by atoms with van der Waals surface area (Å²) in [4.78, 5) is 39.6. The average molecular weight is 413 g/mol. The van der Waals surface area contributed by atoms with Crippen molar-refractivity contribution in [3.8, 4) is 5.88 Å². The molecule has 0 spiro atoms. The maximum atomic E-state index is 13.2. The van der Waals surface area contributed by atoms with Crippen LogP contribution in [0.15, 0.2) is 30.3 Å². The van der Waals surface area contributed by atoms with E-state index in [1.54, 1.807) is 30.2 Å². The first-order chi connectivity index (χ1) is 14.4. The van der Waals surface area contributed by atoms with Gasteiger partial charge in [0.15, 0.2) is 0 Å². The van der Waals surface area contributed by atoms with E-state index in [1.807, 2.05) is 11.8 Å². The molecule has 1 atom stereocenters. The van der Waals surface area contributed by atoms with Gasteiger partial charge in [0.25, 0.3) is 0 Å². The third kappa shape index (κ3) is 4.05. The van der Waals surface area contributed by atoms with Gasteiger partial charge in [-0.05, 0) is 31.2 Å². The van der Waals surface area contributed by atoms with Gasteiger partial charge in [0.2, 0.25) is 17.7 Å². The Bertz CT molecular complexity index is 944. The lowest BCUT2D eigenvalue weighted by Gasteiger charge is -2.36. The minimum Gasteiger partial charge on any atom is -0.481 e. The normalized spacial score (nSPS) is 19.4. The van der Waals surface area contributed by atoms with Crippen LogP contribution in [0.4, 0.5) is 15.9 Å². The molecule has 0 bridgehead atoms. The van der Waals surface area contributed by atoms with Crippen molar-refractivity contribution in [1.82, 2.24) is 14.9 Å². The monoisotopic (exact) mass is 413 g/mol. The van der Waals surface area contributed by atoms with Crippen LogP contribution in [0.25, 0.3) is 0 Å². The zero-order valence-electron chi connectivity index (χ0n) is 17.0. The number of halogens is 1. The van der Waals surface area contributed by atoms with Crippen molar-refractivity contribution in [2.75, 3.05) is 49.6 Å². The van der Waals surface area contributed by atoms with Gasteiger partial charge in [0, 0.05) is 50.9 Å². The Labute approximate surface area is 174 Å². The van der Waals surface area contributed by atoms with E-state index >= 15 is 0 Å². The molecule has 8 nitrogen and oxygen atoms in total. The molecule has 2 aliphatic heterocycles. The van der Waals surface area contributed by atoms with E-state index in [4.69, 9.17) is 4.74 Å². The molecule has 158 valence electrons. The van der Waals surface area contributed by atoms with E-state index in [9.17, 15) is 14.0 Å². The lowest BCUT2D eigenvalue weighted by Crippen LogP contribution is -2.51. The molecule has 0 aliphatic carbocycles. The number of amides is 2. The number of hydrogen-bond donors (Lipinski definition) is 0. The predicted octanol–water partition coefficient (Wildman–Crippen LogP) is 1.63. The van der Waals surface area contributed by atoms with Crippen molar-refractivity contribution in [3.63, 3.8) is 0 Å². The molecule has 4 rings (SSSR count). The number of aromatic nitrogens is 2. The molecule has 30 heavy (non-hydrogen) atoms. The van der Waals surface area contributed by atoms with Gasteiger partial charge in [-0.25, -0.2) is 9.37 Å². The molecular formula is C21H24FN5O3. The highest BCUT2D eigenvalue weighted by Gasteiger charge is 2.38. The molecule has 2 fully saturated rings. The molecule has 2 saturated heterocycles. The average Bonchev–Trinajstić information content (AvgIpc) is 3.15. The maximum Gasteiger partial charge on any atom is 0.228 e. The number of methoxy groups -OCH3 is 1. The van der Waals surface area contributed by atoms with Crippen LogP contribution in [0.3, 0.4) is 0 Å². The zero-order chi connectivity index (χ0) is 21.3. The van der Waals surface area contributed by atoms with Crippen molar-refractivity contribution in [3.05, 3.63) is 42.0 Å². The molecule has 1 unspecified atom stereocenters. The number of hydrogen-bond acceptors (Lipinski definition) is 6. The van der Waals surface area contributed by atoms with Gasteiger partial charge in [-0.15, -0.1) is 0 Å². The van der Waals surface area contributed by atoms with Gasteiger partial charge in [0.1, 0.15) is 17.5 Å². The number of benzene rings is 1. The van der Waals surface area contributed by atoms with Crippen molar-refractivity contribution in [2.24, 2.45) is 5.92 Å². The SMILES string of the molecule is COc1cc(N2CCN(C(=O)C3CC(=O)N(c4ccc(F)cc4)C3)CC2)nc(C)n1. The Morgan fingerprint density at radius 3 is 2.50 bits per heavy atom. The van der Waals surface area contributed by atoms with Crippen LogP contribution in [0.1, 0.15) is 12.2 Å². The summed E-state index contributed by atoms with van der Waals surface area (Å²) in [7, 11) is 1.57. The number of aryl methyl sites for hydroxylation is 1. The summed E-state index contributed by atoms with van der Waals surface area (Å²) in [6.07, 6.45) is 0.179. The summed E-state index contributed by atoms with van der Waals surface area (Å²) in [6.45, 7) is 4.56. The molecule has 3 heterocycles. The Balaban J connectivity index is 1.37. The summed E-state index contributed by atoms with van der Waals surface area (Å²) in [5.41, 5.74) is 0.620. The van der Waals surface area contributed by atoms with Crippen LogP contribution in [0.2, 0.25) is 0 Å². The van der Waals surface area contributed by atoms with E-state index in [1.165, 1.54) is 12.1 Å². The van der Waals surface area contributed by atoms with Crippen LogP contribution in [-0.2, 0) is 9.59 Å². The number of carbonyl (C=O) groups is 2. The van der Waals surface area contributed by atoms with Gasteiger partial charge in [0.05, 0.1) is 13.0 Å². The fourth-order valence-corrected chi connectivity index (χ4v) is 3.95. The van der Waals surface area contributed by atoms with Gasteiger partial charge < -0.3 is 19.4 Å². The van der Waals surface area contributed by atoms with E-state index in [0.717, 1.165) is 5.82 Å². The van der Waals surface area contributed by atoms with Crippen molar-refractivity contribution >= 4 is 23.3 Å². The number of rotatable bonds is 4. The first-order valence-electron chi connectivity index (χ1n) is 9.94. The highest BCUT2D eigenvalue weighted by Crippen LogP contribution is 2.27. The standard InChI is InChI=1S/C21H24FN5O3/c1-14-23-18(12-19(24-14)30-2)25-7-9-26(10-8-25)21(29)15-11-20(28)27(13-15)17-5-3-16(22)4-6-17/h3-6,12,15H,7-11,13H2,1-2H3. The molecular weight excluding hydrogens is 389 g/mol. The van der Waals surface area contributed by atoms with Gasteiger partial charge in [-0.3, -0.25) is 9.59 Å². The maximum absolute atomic E-state index is 13.2. The quantitative estimate of drug-likeness (QED) is 0.758. The van der Waals surface area contributed by atoms with Crippen molar-refractivity contribution < 1.29 is 18.7 Å². The first kappa shape index (κ1) is 20.1. The fourth-order valence-electron chi connectivity index (χ4n) is 3.95. The summed E-state index contributed by atoms with van der Waals surface area (Å²) in [5.74, 6) is 1.08. The van der Waals surface area contributed by atoms with Crippen molar-refractivity contribution in [2.45, 2.75) is 13.3 Å². The van der Waals surface area contributed by atoms with Crippen LogP contribution in [0, 0.1) is 18.7 Å². The molecule has 1 aromatic carbocycles. The van der Waals surface area contributed by atoms with Crippen LogP contribution in [0.5, 0.6) is 5.88 Å². The Morgan fingerprint density at radius 2 is 1.83 bits per heavy atom. The number of carbonyl (C=O) groups excluding carboxylic acids is 2. The van der Waals surface area contributed by atoms with Gasteiger partial charge in [-0.2, -0.15) is 4.98 Å². The second-order valence-corrected chi connectivity index (χ2v) is 7.51. The van der Waals surface area contributed by atoms with Gasteiger partial charge in [-0.1, -0.05) is 0 Å². The molecule has 0 saturated carbocycles. The third-order valence-electron chi connectivity index (χ3n) is 5.54. The van der Waals surface area contributed by atoms with E-state index in [0.29, 0.717) is 50.1 Å². The summed E-state index contributed by atoms with van der Waals surface area (Å²) < 4.78 is 18.4. The second kappa shape index (κ2) is 8.25. The summed E-state index contributed by atoms with van der Waals surface area (Å²) in [5, 5.41) is 0. The zero-order valence-corrected chi connectivity index (χ0v) is 17.0. The Kier molecular flexibility index (Phi) is 5.52. The summed E-state index contributed by atoms with van der Waals surface area (Å²) >= 11 is 0. The molecule has 0 radical (unpaired) electrons. The molecule has 9 heteroatoms. The van der Waals surface area contributed by atoms with E-state index < -0.39 is 0 Å². The van der Waals surface area contributed by atoms with Crippen LogP contribution >= 0.6 is 0 Å².